The molecule has 2 aromatic carbocycles. The Morgan fingerprint density at radius 3 is 2.38 bits per heavy atom. The van der Waals surface area contributed by atoms with Crippen LogP contribution in [-0.4, -0.2) is 27.6 Å². The highest BCUT2D eigenvalue weighted by molar-refractivity contribution is 6.30. The molecule has 0 saturated heterocycles. The van der Waals surface area contributed by atoms with Gasteiger partial charge < -0.3 is 4.90 Å². The average Bonchev–Trinajstić information content (AvgIpc) is 2.98. The highest BCUT2D eigenvalue weighted by atomic mass is 35.5. The molecule has 1 unspecified atom stereocenters. The van der Waals surface area contributed by atoms with Crippen LogP contribution in [0.2, 0.25) is 5.02 Å². The van der Waals surface area contributed by atoms with Gasteiger partial charge in [-0.3, -0.25) is 4.79 Å². The van der Waals surface area contributed by atoms with E-state index in [1.54, 1.807) is 4.90 Å². The van der Waals surface area contributed by atoms with Crippen LogP contribution in [-0.2, 0) is 0 Å². The zero-order valence-electron chi connectivity index (χ0n) is 15.4. The number of carbonyl (C=O) groups is 1. The Morgan fingerprint density at radius 2 is 1.81 bits per heavy atom. The summed E-state index contributed by atoms with van der Waals surface area (Å²) in [4.78, 5) is 14.6. The number of benzene rings is 2. The van der Waals surface area contributed by atoms with Crippen molar-refractivity contribution in [3.63, 3.8) is 0 Å². The second-order valence-corrected chi connectivity index (χ2v) is 6.97. The minimum atomic E-state index is -0.0723. The fraction of sp³-hybridized carbons (Fsp3) is 0.238. The molecule has 0 fully saturated rings. The lowest BCUT2D eigenvalue weighted by atomic mass is 10.1. The molecule has 1 heterocycles. The van der Waals surface area contributed by atoms with Crippen LogP contribution < -0.4 is 0 Å². The van der Waals surface area contributed by atoms with E-state index < -0.39 is 0 Å². The smallest absolute Gasteiger partial charge is 0.254 e. The molecule has 1 aromatic heterocycles. The monoisotopic (exact) mass is 367 g/mol. The van der Waals surface area contributed by atoms with Crippen molar-refractivity contribution in [2.75, 3.05) is 7.05 Å². The van der Waals surface area contributed by atoms with Gasteiger partial charge in [0.15, 0.2) is 0 Å². The summed E-state index contributed by atoms with van der Waals surface area (Å²) in [7, 11) is 1.81. The quantitative estimate of drug-likeness (QED) is 0.652. The summed E-state index contributed by atoms with van der Waals surface area (Å²) in [5.74, 6) is -0.0302. The van der Waals surface area contributed by atoms with Crippen LogP contribution in [0, 0.1) is 13.8 Å². The summed E-state index contributed by atoms with van der Waals surface area (Å²) in [6, 6.07) is 17.1. The lowest BCUT2D eigenvalue weighted by Gasteiger charge is -2.25. The van der Waals surface area contributed by atoms with Crippen molar-refractivity contribution in [1.82, 2.24) is 14.7 Å². The minimum absolute atomic E-state index is 0.0302. The zero-order chi connectivity index (χ0) is 18.8. The standard InChI is InChI=1S/C21H22ClN3O/c1-14-12-15(2)25(23-14)20-10-8-17(9-11-20)21(26)24(4)16(3)18-6-5-7-19(22)13-18/h5-13,16H,1-4H3. The van der Waals surface area contributed by atoms with Crippen LogP contribution >= 0.6 is 11.6 Å². The molecule has 0 aliphatic rings. The number of carbonyl (C=O) groups excluding carboxylic acids is 1. The highest BCUT2D eigenvalue weighted by Crippen LogP contribution is 2.23. The fourth-order valence-electron chi connectivity index (χ4n) is 3.01. The lowest BCUT2D eigenvalue weighted by molar-refractivity contribution is 0.0742. The third-order valence-electron chi connectivity index (χ3n) is 4.60. The van der Waals surface area contributed by atoms with Gasteiger partial charge in [0.1, 0.15) is 0 Å². The van der Waals surface area contributed by atoms with Crippen molar-refractivity contribution >= 4 is 17.5 Å². The first-order chi connectivity index (χ1) is 12.4. The Labute approximate surface area is 159 Å². The molecule has 0 spiro atoms. The summed E-state index contributed by atoms with van der Waals surface area (Å²) in [5, 5.41) is 5.15. The SMILES string of the molecule is Cc1cc(C)n(-c2ccc(C(=O)N(C)C(C)c3cccc(Cl)c3)cc2)n1. The summed E-state index contributed by atoms with van der Waals surface area (Å²) in [6.07, 6.45) is 0. The Balaban J connectivity index is 1.80. The molecule has 5 heteroatoms. The third-order valence-corrected chi connectivity index (χ3v) is 4.84. The number of hydrogen-bond acceptors (Lipinski definition) is 2. The summed E-state index contributed by atoms with van der Waals surface area (Å²) < 4.78 is 1.88. The van der Waals surface area contributed by atoms with E-state index in [1.165, 1.54) is 0 Å². The second-order valence-electron chi connectivity index (χ2n) is 6.53. The molecule has 0 aliphatic carbocycles. The molecule has 3 aromatic rings. The Bertz CT molecular complexity index is 931. The molecular formula is C21H22ClN3O. The first-order valence-electron chi connectivity index (χ1n) is 8.53. The Kier molecular flexibility index (Phi) is 5.14. The number of rotatable bonds is 4. The Morgan fingerprint density at radius 1 is 1.12 bits per heavy atom. The van der Waals surface area contributed by atoms with E-state index in [0.717, 1.165) is 22.6 Å². The first-order valence-corrected chi connectivity index (χ1v) is 8.91. The van der Waals surface area contributed by atoms with Gasteiger partial charge in [0.2, 0.25) is 0 Å². The molecule has 0 bridgehead atoms. The van der Waals surface area contributed by atoms with Crippen LogP contribution in [0.25, 0.3) is 5.69 Å². The molecule has 0 N–H and O–H groups in total. The average molecular weight is 368 g/mol. The van der Waals surface area contributed by atoms with Crippen LogP contribution in [0.1, 0.15) is 40.3 Å². The number of hydrogen-bond donors (Lipinski definition) is 0. The first kappa shape index (κ1) is 18.2. The van der Waals surface area contributed by atoms with Gasteiger partial charge in [-0.05, 0) is 68.8 Å². The Hall–Kier alpha value is -2.59. The summed E-state index contributed by atoms with van der Waals surface area (Å²) in [5.41, 5.74) is 4.63. The van der Waals surface area contributed by atoms with Crippen molar-refractivity contribution < 1.29 is 4.79 Å². The molecule has 1 atom stereocenters. The molecule has 4 nitrogen and oxygen atoms in total. The van der Waals surface area contributed by atoms with Gasteiger partial charge >= 0.3 is 0 Å². The van der Waals surface area contributed by atoms with E-state index in [2.05, 4.69) is 5.10 Å². The van der Waals surface area contributed by atoms with Crippen LogP contribution in [0.3, 0.4) is 0 Å². The molecule has 0 aliphatic heterocycles. The van der Waals surface area contributed by atoms with Crippen LogP contribution in [0.4, 0.5) is 0 Å². The predicted molar refractivity (Wildman–Crippen MR) is 105 cm³/mol. The molecule has 0 saturated carbocycles. The van der Waals surface area contributed by atoms with Gasteiger partial charge in [-0.15, -0.1) is 0 Å². The molecule has 134 valence electrons. The van der Waals surface area contributed by atoms with E-state index in [9.17, 15) is 4.79 Å². The van der Waals surface area contributed by atoms with Gasteiger partial charge in [0, 0.05) is 23.3 Å². The maximum Gasteiger partial charge on any atom is 0.254 e. The normalized spacial score (nSPS) is 12.0. The van der Waals surface area contributed by atoms with Crippen molar-refractivity contribution in [3.05, 3.63) is 82.1 Å². The van der Waals surface area contributed by atoms with E-state index >= 15 is 0 Å². The molecular weight excluding hydrogens is 346 g/mol. The maximum atomic E-state index is 12.8. The van der Waals surface area contributed by atoms with Gasteiger partial charge in [-0.1, -0.05) is 23.7 Å². The summed E-state index contributed by atoms with van der Waals surface area (Å²) in [6.45, 7) is 5.97. The lowest BCUT2D eigenvalue weighted by Crippen LogP contribution is -2.29. The van der Waals surface area contributed by atoms with Crippen molar-refractivity contribution in [2.24, 2.45) is 0 Å². The fourth-order valence-corrected chi connectivity index (χ4v) is 3.20. The molecule has 26 heavy (non-hydrogen) atoms. The van der Waals surface area contributed by atoms with E-state index in [-0.39, 0.29) is 11.9 Å². The maximum absolute atomic E-state index is 12.8. The van der Waals surface area contributed by atoms with E-state index in [0.29, 0.717) is 10.6 Å². The van der Waals surface area contributed by atoms with Crippen LogP contribution in [0.15, 0.2) is 54.6 Å². The molecule has 1 amide bonds. The van der Waals surface area contributed by atoms with Gasteiger partial charge in [-0.25, -0.2) is 4.68 Å². The summed E-state index contributed by atoms with van der Waals surface area (Å²) >= 11 is 6.07. The van der Waals surface area contributed by atoms with E-state index in [1.807, 2.05) is 87.1 Å². The van der Waals surface area contributed by atoms with Crippen LogP contribution in [0.5, 0.6) is 0 Å². The van der Waals surface area contributed by atoms with Crippen molar-refractivity contribution in [1.29, 1.82) is 0 Å². The van der Waals surface area contributed by atoms with Gasteiger partial charge in [0.25, 0.3) is 5.91 Å². The third kappa shape index (κ3) is 3.65. The zero-order valence-corrected chi connectivity index (χ0v) is 16.2. The number of aryl methyl sites for hydroxylation is 2. The largest absolute Gasteiger partial charge is 0.335 e. The topological polar surface area (TPSA) is 38.1 Å². The molecule has 0 radical (unpaired) electrons. The second kappa shape index (κ2) is 7.34. The predicted octanol–water partition coefficient (Wildman–Crippen LogP) is 4.98. The van der Waals surface area contributed by atoms with Gasteiger partial charge in [0.05, 0.1) is 17.4 Å². The number of halogens is 1. The molecule has 3 rings (SSSR count). The minimum Gasteiger partial charge on any atom is -0.335 e. The van der Waals surface area contributed by atoms with Gasteiger partial charge in [-0.2, -0.15) is 5.10 Å². The number of nitrogens with zero attached hydrogens (tertiary/aromatic N) is 3. The van der Waals surface area contributed by atoms with E-state index in [4.69, 9.17) is 11.6 Å². The number of aromatic nitrogens is 2. The highest BCUT2D eigenvalue weighted by Gasteiger charge is 2.19. The van der Waals surface area contributed by atoms with Crippen molar-refractivity contribution in [3.8, 4) is 5.69 Å². The number of amides is 1. The van der Waals surface area contributed by atoms with Crippen molar-refractivity contribution in [2.45, 2.75) is 26.8 Å².